The van der Waals surface area contributed by atoms with Gasteiger partial charge in [0.25, 0.3) is 0 Å². The van der Waals surface area contributed by atoms with Crippen LogP contribution in [0.5, 0.6) is 0 Å². The second-order valence-electron chi connectivity index (χ2n) is 2.88. The lowest BCUT2D eigenvalue weighted by Crippen LogP contribution is -2.07. The van der Waals surface area contributed by atoms with Gasteiger partial charge in [-0.05, 0) is 13.3 Å². The lowest BCUT2D eigenvalue weighted by molar-refractivity contribution is 0.177. The van der Waals surface area contributed by atoms with E-state index < -0.39 is 0 Å². The summed E-state index contributed by atoms with van der Waals surface area (Å²) in [7, 11) is 1.61. The summed E-state index contributed by atoms with van der Waals surface area (Å²) >= 11 is 0. The standard InChI is InChI=1S/C9H15N3O/c1-4-7-6(2)11-8(5-13-3)12-9(7)10/h4-5H2,1-3H3,(H2,10,11,12). The average molecular weight is 181 g/mol. The van der Waals surface area contributed by atoms with E-state index in [4.69, 9.17) is 10.5 Å². The number of nitrogens with two attached hydrogens (primary N) is 1. The molecule has 2 N–H and O–H groups in total. The number of nitrogen functional groups attached to an aromatic ring is 1. The van der Waals surface area contributed by atoms with Gasteiger partial charge >= 0.3 is 0 Å². The summed E-state index contributed by atoms with van der Waals surface area (Å²) in [6.07, 6.45) is 0.866. The van der Waals surface area contributed by atoms with E-state index in [1.54, 1.807) is 7.11 Å². The number of methoxy groups -OCH3 is 1. The predicted octanol–water partition coefficient (Wildman–Crippen LogP) is 1.08. The number of aromatic nitrogens is 2. The van der Waals surface area contributed by atoms with E-state index in [1.807, 2.05) is 13.8 Å². The Morgan fingerprint density at radius 2 is 2.08 bits per heavy atom. The van der Waals surface area contributed by atoms with Gasteiger partial charge in [0, 0.05) is 18.4 Å². The largest absolute Gasteiger partial charge is 0.383 e. The topological polar surface area (TPSA) is 61.0 Å². The van der Waals surface area contributed by atoms with E-state index in [0.717, 1.165) is 17.7 Å². The van der Waals surface area contributed by atoms with Gasteiger partial charge in [0.2, 0.25) is 0 Å². The molecule has 1 aromatic rings. The summed E-state index contributed by atoms with van der Waals surface area (Å²) in [6, 6.07) is 0. The first-order valence-corrected chi connectivity index (χ1v) is 4.29. The van der Waals surface area contributed by atoms with E-state index in [9.17, 15) is 0 Å². The van der Waals surface area contributed by atoms with Crippen molar-refractivity contribution in [3.8, 4) is 0 Å². The maximum absolute atomic E-state index is 5.76. The monoisotopic (exact) mass is 181 g/mol. The van der Waals surface area contributed by atoms with Crippen molar-refractivity contribution in [1.29, 1.82) is 0 Å². The van der Waals surface area contributed by atoms with E-state index in [1.165, 1.54) is 0 Å². The minimum absolute atomic E-state index is 0.412. The van der Waals surface area contributed by atoms with Gasteiger partial charge in [0.05, 0.1) is 0 Å². The highest BCUT2D eigenvalue weighted by molar-refractivity contribution is 5.41. The summed E-state index contributed by atoms with van der Waals surface area (Å²) in [5.41, 5.74) is 7.73. The molecular formula is C9H15N3O. The molecular weight excluding hydrogens is 166 g/mol. The van der Waals surface area contributed by atoms with Gasteiger partial charge in [0.1, 0.15) is 12.4 Å². The summed E-state index contributed by atoms with van der Waals surface area (Å²) in [5.74, 6) is 1.22. The fourth-order valence-corrected chi connectivity index (χ4v) is 1.31. The zero-order chi connectivity index (χ0) is 9.84. The first-order chi connectivity index (χ1) is 6.19. The molecule has 0 amide bonds. The molecule has 0 aliphatic carbocycles. The molecule has 0 fully saturated rings. The Morgan fingerprint density at radius 1 is 1.38 bits per heavy atom. The molecule has 0 unspecified atom stereocenters. The molecule has 4 nitrogen and oxygen atoms in total. The van der Waals surface area contributed by atoms with Crippen molar-refractivity contribution in [2.24, 2.45) is 0 Å². The van der Waals surface area contributed by atoms with Crippen molar-refractivity contribution >= 4 is 5.82 Å². The van der Waals surface area contributed by atoms with Gasteiger partial charge in [-0.3, -0.25) is 0 Å². The van der Waals surface area contributed by atoms with Crippen LogP contribution in [0.3, 0.4) is 0 Å². The maximum atomic E-state index is 5.76. The molecule has 0 bridgehead atoms. The molecule has 0 aromatic carbocycles. The third kappa shape index (κ3) is 2.15. The van der Waals surface area contributed by atoms with Crippen LogP contribution in [-0.2, 0) is 17.8 Å². The van der Waals surface area contributed by atoms with Gasteiger partial charge in [-0.2, -0.15) is 0 Å². The van der Waals surface area contributed by atoms with Crippen LogP contribution in [0.15, 0.2) is 0 Å². The summed E-state index contributed by atoms with van der Waals surface area (Å²) in [5, 5.41) is 0. The van der Waals surface area contributed by atoms with Crippen LogP contribution in [0, 0.1) is 6.92 Å². The lowest BCUT2D eigenvalue weighted by Gasteiger charge is -2.07. The summed E-state index contributed by atoms with van der Waals surface area (Å²) in [6.45, 7) is 4.39. The number of anilines is 1. The van der Waals surface area contributed by atoms with Gasteiger partial charge in [-0.25, -0.2) is 9.97 Å². The predicted molar refractivity (Wildman–Crippen MR) is 51.3 cm³/mol. The number of aryl methyl sites for hydroxylation is 1. The van der Waals surface area contributed by atoms with Crippen LogP contribution in [0.1, 0.15) is 24.0 Å². The zero-order valence-corrected chi connectivity index (χ0v) is 8.29. The summed E-state index contributed by atoms with van der Waals surface area (Å²) < 4.78 is 4.93. The summed E-state index contributed by atoms with van der Waals surface area (Å²) in [4.78, 5) is 8.41. The SMILES string of the molecule is CCc1c(C)nc(COC)nc1N. The smallest absolute Gasteiger partial charge is 0.156 e. The normalized spacial score (nSPS) is 10.4. The van der Waals surface area contributed by atoms with Crippen LogP contribution in [0.2, 0.25) is 0 Å². The maximum Gasteiger partial charge on any atom is 0.156 e. The second-order valence-corrected chi connectivity index (χ2v) is 2.88. The van der Waals surface area contributed by atoms with Gasteiger partial charge in [0.15, 0.2) is 5.82 Å². The van der Waals surface area contributed by atoms with Crippen LogP contribution in [-0.4, -0.2) is 17.1 Å². The highest BCUT2D eigenvalue weighted by Gasteiger charge is 2.06. The number of hydrogen-bond donors (Lipinski definition) is 1. The molecule has 4 heteroatoms. The number of ether oxygens (including phenoxy) is 1. The Balaban J connectivity index is 3.05. The van der Waals surface area contributed by atoms with Crippen LogP contribution in [0.25, 0.3) is 0 Å². The first kappa shape index (κ1) is 9.92. The minimum atomic E-state index is 0.412. The Hall–Kier alpha value is -1.16. The number of nitrogens with zero attached hydrogens (tertiary/aromatic N) is 2. The van der Waals surface area contributed by atoms with E-state index in [-0.39, 0.29) is 0 Å². The van der Waals surface area contributed by atoms with Crippen molar-refractivity contribution in [2.45, 2.75) is 26.9 Å². The van der Waals surface area contributed by atoms with Crippen molar-refractivity contribution < 1.29 is 4.74 Å². The molecule has 0 aliphatic heterocycles. The molecule has 13 heavy (non-hydrogen) atoms. The van der Waals surface area contributed by atoms with Gasteiger partial charge in [-0.15, -0.1) is 0 Å². The molecule has 0 radical (unpaired) electrons. The lowest BCUT2D eigenvalue weighted by atomic mass is 10.2. The molecule has 0 atom stereocenters. The van der Waals surface area contributed by atoms with Crippen molar-refractivity contribution in [1.82, 2.24) is 9.97 Å². The molecule has 0 aliphatic rings. The second kappa shape index (κ2) is 4.18. The minimum Gasteiger partial charge on any atom is -0.383 e. The van der Waals surface area contributed by atoms with Crippen LogP contribution in [0.4, 0.5) is 5.82 Å². The fraction of sp³-hybridized carbons (Fsp3) is 0.556. The molecule has 1 heterocycles. The first-order valence-electron chi connectivity index (χ1n) is 4.29. The third-order valence-corrected chi connectivity index (χ3v) is 1.92. The highest BCUT2D eigenvalue weighted by atomic mass is 16.5. The van der Waals surface area contributed by atoms with Crippen LogP contribution >= 0.6 is 0 Å². The Kier molecular flexibility index (Phi) is 3.19. The van der Waals surface area contributed by atoms with Gasteiger partial charge < -0.3 is 10.5 Å². The highest BCUT2D eigenvalue weighted by Crippen LogP contribution is 2.13. The van der Waals surface area contributed by atoms with Crippen LogP contribution < -0.4 is 5.73 Å². The Morgan fingerprint density at radius 3 is 2.54 bits per heavy atom. The molecule has 1 rings (SSSR count). The average Bonchev–Trinajstić information content (AvgIpc) is 2.04. The van der Waals surface area contributed by atoms with Crippen molar-refractivity contribution in [3.63, 3.8) is 0 Å². The van der Waals surface area contributed by atoms with Gasteiger partial charge in [-0.1, -0.05) is 6.92 Å². The van der Waals surface area contributed by atoms with E-state index >= 15 is 0 Å². The Bertz CT molecular complexity index is 276. The molecule has 0 spiro atoms. The third-order valence-electron chi connectivity index (χ3n) is 1.92. The number of rotatable bonds is 3. The number of hydrogen-bond acceptors (Lipinski definition) is 4. The quantitative estimate of drug-likeness (QED) is 0.757. The van der Waals surface area contributed by atoms with E-state index in [0.29, 0.717) is 18.2 Å². The van der Waals surface area contributed by atoms with E-state index in [2.05, 4.69) is 9.97 Å². The Labute approximate surface area is 78.1 Å². The van der Waals surface area contributed by atoms with Crippen molar-refractivity contribution in [2.75, 3.05) is 12.8 Å². The fourth-order valence-electron chi connectivity index (χ4n) is 1.31. The zero-order valence-electron chi connectivity index (χ0n) is 8.29. The molecule has 0 saturated heterocycles. The molecule has 0 saturated carbocycles. The molecule has 72 valence electrons. The van der Waals surface area contributed by atoms with Crippen molar-refractivity contribution in [3.05, 3.63) is 17.1 Å². The molecule has 1 aromatic heterocycles.